The lowest BCUT2D eigenvalue weighted by atomic mass is 10.0. The van der Waals surface area contributed by atoms with E-state index >= 15 is 0 Å². The van der Waals surface area contributed by atoms with E-state index in [0.29, 0.717) is 17.8 Å². The van der Waals surface area contributed by atoms with Crippen LogP contribution in [0.2, 0.25) is 0 Å². The van der Waals surface area contributed by atoms with Crippen molar-refractivity contribution in [3.63, 3.8) is 0 Å². The molecule has 1 fully saturated rings. The smallest absolute Gasteiger partial charge is 0.238 e. The number of benzene rings is 1. The van der Waals surface area contributed by atoms with E-state index in [9.17, 15) is 0 Å². The summed E-state index contributed by atoms with van der Waals surface area (Å²) in [4.78, 5) is 0. The number of rotatable bonds is 6. The van der Waals surface area contributed by atoms with Crippen LogP contribution in [-0.2, 0) is 6.54 Å². The molecule has 0 bridgehead atoms. The molecule has 1 heterocycles. The summed E-state index contributed by atoms with van der Waals surface area (Å²) in [6, 6.07) is 12.6. The first-order valence-electron chi connectivity index (χ1n) is 7.55. The fraction of sp³-hybridized carbons (Fsp3) is 0.412. The Bertz CT molecular complexity index is 591. The van der Waals surface area contributed by atoms with Gasteiger partial charge in [-0.3, -0.25) is 0 Å². The summed E-state index contributed by atoms with van der Waals surface area (Å²) in [5.74, 6) is 1.81. The molecule has 1 aliphatic rings. The molecule has 0 saturated heterocycles. The van der Waals surface area contributed by atoms with Gasteiger partial charge in [-0.15, -0.1) is 5.10 Å². The zero-order valence-electron chi connectivity index (χ0n) is 12.5. The summed E-state index contributed by atoms with van der Waals surface area (Å²) < 4.78 is 5.87. The average molecular weight is 283 g/mol. The van der Waals surface area contributed by atoms with Crippen LogP contribution in [0.1, 0.15) is 43.9 Å². The van der Waals surface area contributed by atoms with Gasteiger partial charge in [-0.1, -0.05) is 32.0 Å². The van der Waals surface area contributed by atoms with E-state index in [-0.39, 0.29) is 0 Å². The first kappa shape index (κ1) is 14.0. The van der Waals surface area contributed by atoms with Crippen molar-refractivity contribution in [2.45, 2.75) is 45.2 Å². The molecule has 1 aromatic heterocycles. The van der Waals surface area contributed by atoms with E-state index in [1.165, 1.54) is 18.4 Å². The Morgan fingerprint density at radius 2 is 1.95 bits per heavy atom. The number of para-hydroxylation sites is 1. The topological polar surface area (TPSA) is 47.0 Å². The second kappa shape index (κ2) is 6.22. The molecule has 0 amide bonds. The quantitative estimate of drug-likeness (QED) is 0.879. The first-order valence-corrected chi connectivity index (χ1v) is 7.55. The maximum Gasteiger partial charge on any atom is 0.238 e. The molecular weight excluding hydrogens is 262 g/mol. The Labute approximate surface area is 125 Å². The van der Waals surface area contributed by atoms with Crippen molar-refractivity contribution in [3.8, 4) is 11.6 Å². The minimum absolute atomic E-state index is 0.413. The molecule has 110 valence electrons. The molecule has 0 atom stereocenters. The van der Waals surface area contributed by atoms with Crippen LogP contribution in [0.15, 0.2) is 36.4 Å². The van der Waals surface area contributed by atoms with E-state index in [0.717, 1.165) is 18.0 Å². The fourth-order valence-electron chi connectivity index (χ4n) is 2.20. The SMILES string of the molecule is CC(C)c1ccccc1Oc1ccc(CNC2CC2)nn1. The molecule has 21 heavy (non-hydrogen) atoms. The maximum absolute atomic E-state index is 5.87. The van der Waals surface area contributed by atoms with Crippen molar-refractivity contribution in [1.29, 1.82) is 0 Å². The van der Waals surface area contributed by atoms with Crippen LogP contribution in [0.25, 0.3) is 0 Å². The first-order chi connectivity index (χ1) is 10.2. The van der Waals surface area contributed by atoms with Crippen molar-refractivity contribution in [2.24, 2.45) is 0 Å². The molecule has 0 aliphatic heterocycles. The Balaban J connectivity index is 1.67. The lowest BCUT2D eigenvalue weighted by Gasteiger charge is -2.12. The Morgan fingerprint density at radius 3 is 2.62 bits per heavy atom. The predicted molar refractivity (Wildman–Crippen MR) is 82.5 cm³/mol. The number of nitrogens with zero attached hydrogens (tertiary/aromatic N) is 2. The summed E-state index contributed by atoms with van der Waals surface area (Å²) in [5, 5.41) is 11.8. The third-order valence-corrected chi connectivity index (χ3v) is 3.60. The maximum atomic E-state index is 5.87. The Morgan fingerprint density at radius 1 is 1.14 bits per heavy atom. The summed E-state index contributed by atoms with van der Waals surface area (Å²) in [5.41, 5.74) is 2.13. The third-order valence-electron chi connectivity index (χ3n) is 3.60. The van der Waals surface area contributed by atoms with Crippen molar-refractivity contribution in [1.82, 2.24) is 15.5 Å². The molecule has 1 saturated carbocycles. The standard InChI is InChI=1S/C17H21N3O/c1-12(2)15-5-3-4-6-16(15)21-17-10-9-14(19-20-17)11-18-13-7-8-13/h3-6,9-10,12-13,18H,7-8,11H2,1-2H3. The lowest BCUT2D eigenvalue weighted by molar-refractivity contribution is 0.445. The fourth-order valence-corrected chi connectivity index (χ4v) is 2.20. The summed E-state index contributed by atoms with van der Waals surface area (Å²) in [6.45, 7) is 5.08. The number of nitrogens with one attached hydrogen (secondary N) is 1. The van der Waals surface area contributed by atoms with Crippen LogP contribution in [0.3, 0.4) is 0 Å². The summed E-state index contributed by atoms with van der Waals surface area (Å²) >= 11 is 0. The minimum Gasteiger partial charge on any atom is -0.437 e. The molecule has 1 aliphatic carbocycles. The zero-order valence-corrected chi connectivity index (χ0v) is 12.5. The van der Waals surface area contributed by atoms with Crippen LogP contribution in [0, 0.1) is 0 Å². The normalized spacial score (nSPS) is 14.4. The van der Waals surface area contributed by atoms with Crippen LogP contribution >= 0.6 is 0 Å². The second-order valence-electron chi connectivity index (χ2n) is 5.81. The van der Waals surface area contributed by atoms with Gasteiger partial charge in [0, 0.05) is 18.7 Å². The van der Waals surface area contributed by atoms with Gasteiger partial charge in [0.2, 0.25) is 5.88 Å². The monoisotopic (exact) mass is 283 g/mol. The van der Waals surface area contributed by atoms with Crippen LogP contribution in [0.5, 0.6) is 11.6 Å². The number of aromatic nitrogens is 2. The highest BCUT2D eigenvalue weighted by atomic mass is 16.5. The minimum atomic E-state index is 0.413. The van der Waals surface area contributed by atoms with Gasteiger partial charge in [-0.2, -0.15) is 5.10 Å². The average Bonchev–Trinajstić information content (AvgIpc) is 3.31. The van der Waals surface area contributed by atoms with Gasteiger partial charge in [-0.25, -0.2) is 0 Å². The Kier molecular flexibility index (Phi) is 4.15. The van der Waals surface area contributed by atoms with Crippen molar-refractivity contribution >= 4 is 0 Å². The second-order valence-corrected chi connectivity index (χ2v) is 5.81. The van der Waals surface area contributed by atoms with Gasteiger partial charge >= 0.3 is 0 Å². The van der Waals surface area contributed by atoms with E-state index in [1.807, 2.05) is 30.3 Å². The van der Waals surface area contributed by atoms with Crippen LogP contribution in [-0.4, -0.2) is 16.2 Å². The molecule has 3 rings (SSSR count). The zero-order chi connectivity index (χ0) is 14.7. The van der Waals surface area contributed by atoms with E-state index in [2.05, 4.69) is 35.4 Å². The summed E-state index contributed by atoms with van der Waals surface area (Å²) in [6.07, 6.45) is 2.56. The van der Waals surface area contributed by atoms with Crippen molar-refractivity contribution < 1.29 is 4.74 Å². The molecular formula is C17H21N3O. The van der Waals surface area contributed by atoms with Gasteiger partial charge < -0.3 is 10.1 Å². The molecule has 1 N–H and O–H groups in total. The number of ether oxygens (including phenoxy) is 1. The van der Waals surface area contributed by atoms with Gasteiger partial charge in [-0.05, 0) is 36.5 Å². The highest BCUT2D eigenvalue weighted by Gasteiger charge is 2.20. The van der Waals surface area contributed by atoms with Crippen molar-refractivity contribution in [2.75, 3.05) is 0 Å². The van der Waals surface area contributed by atoms with Gasteiger partial charge in [0.1, 0.15) is 5.75 Å². The van der Waals surface area contributed by atoms with Gasteiger partial charge in [0.05, 0.1) is 5.69 Å². The molecule has 4 heteroatoms. The Hall–Kier alpha value is -1.94. The lowest BCUT2D eigenvalue weighted by Crippen LogP contribution is -2.16. The van der Waals surface area contributed by atoms with Gasteiger partial charge in [0.25, 0.3) is 0 Å². The molecule has 1 aromatic carbocycles. The number of hydrogen-bond acceptors (Lipinski definition) is 4. The predicted octanol–water partition coefficient (Wildman–Crippen LogP) is 3.64. The molecule has 4 nitrogen and oxygen atoms in total. The molecule has 2 aromatic rings. The highest BCUT2D eigenvalue weighted by molar-refractivity contribution is 5.37. The highest BCUT2D eigenvalue weighted by Crippen LogP contribution is 2.29. The third kappa shape index (κ3) is 3.79. The summed E-state index contributed by atoms with van der Waals surface area (Å²) in [7, 11) is 0. The largest absolute Gasteiger partial charge is 0.437 e. The molecule has 0 unspecified atom stereocenters. The molecule has 0 spiro atoms. The van der Waals surface area contributed by atoms with E-state index in [1.54, 1.807) is 0 Å². The molecule has 0 radical (unpaired) electrons. The van der Waals surface area contributed by atoms with E-state index < -0.39 is 0 Å². The van der Waals surface area contributed by atoms with E-state index in [4.69, 9.17) is 4.74 Å². The number of hydrogen-bond donors (Lipinski definition) is 1. The van der Waals surface area contributed by atoms with Gasteiger partial charge in [0.15, 0.2) is 0 Å². The van der Waals surface area contributed by atoms with Crippen molar-refractivity contribution in [3.05, 3.63) is 47.7 Å². The van der Waals surface area contributed by atoms with Crippen LogP contribution in [0.4, 0.5) is 0 Å². The van der Waals surface area contributed by atoms with Crippen LogP contribution < -0.4 is 10.1 Å².